The van der Waals surface area contributed by atoms with Crippen LogP contribution in [-0.4, -0.2) is 26.9 Å². The van der Waals surface area contributed by atoms with Crippen LogP contribution in [-0.2, 0) is 22.6 Å². The molecule has 0 unspecified atom stereocenters. The number of aryl methyl sites for hydroxylation is 1. The second kappa shape index (κ2) is 9.50. The Morgan fingerprint density at radius 2 is 2.00 bits per heavy atom. The first-order valence-electron chi connectivity index (χ1n) is 6.66. The van der Waals surface area contributed by atoms with Crippen molar-refractivity contribution < 1.29 is 9.47 Å². The van der Waals surface area contributed by atoms with Crippen LogP contribution in [0.2, 0.25) is 0 Å². The minimum absolute atomic E-state index is 0.681. The molecule has 0 spiro atoms. The van der Waals surface area contributed by atoms with Gasteiger partial charge in [-0.1, -0.05) is 13.3 Å². The molecule has 1 N–H and O–H groups in total. The molecule has 0 aliphatic rings. The van der Waals surface area contributed by atoms with Gasteiger partial charge in [-0.25, -0.2) is 0 Å². The minimum atomic E-state index is 0.681. The lowest BCUT2D eigenvalue weighted by Gasteiger charge is -2.05. The van der Waals surface area contributed by atoms with Crippen LogP contribution in [0.4, 0.5) is 0 Å². The van der Waals surface area contributed by atoms with Gasteiger partial charge in [0.2, 0.25) is 0 Å². The van der Waals surface area contributed by atoms with Gasteiger partial charge in [-0.05, 0) is 32.0 Å². The smallest absolute Gasteiger partial charge is 0.0728 e. The summed E-state index contributed by atoms with van der Waals surface area (Å²) in [7, 11) is 1.97. The van der Waals surface area contributed by atoms with Crippen molar-refractivity contribution in [1.29, 1.82) is 0 Å². The summed E-state index contributed by atoms with van der Waals surface area (Å²) in [6.45, 7) is 8.19. The fourth-order valence-electron chi connectivity index (χ4n) is 1.64. The normalized spacial score (nSPS) is 11.1. The number of hydrogen-bond acceptors (Lipinski definition) is 4. The summed E-state index contributed by atoms with van der Waals surface area (Å²) in [5.41, 5.74) is 1.30. The molecule has 1 rings (SSSR count). The Hall–Kier alpha value is -0.420. The minimum Gasteiger partial charge on any atom is -0.379 e. The van der Waals surface area contributed by atoms with Crippen LogP contribution < -0.4 is 5.32 Å². The molecule has 1 aromatic rings. The highest BCUT2D eigenvalue weighted by molar-refractivity contribution is 7.12. The monoisotopic (exact) mass is 271 g/mol. The van der Waals surface area contributed by atoms with Gasteiger partial charge in [0.25, 0.3) is 0 Å². The van der Waals surface area contributed by atoms with Gasteiger partial charge >= 0.3 is 0 Å². The van der Waals surface area contributed by atoms with Crippen LogP contribution in [0.3, 0.4) is 0 Å². The van der Waals surface area contributed by atoms with E-state index in [9.17, 15) is 0 Å². The summed E-state index contributed by atoms with van der Waals surface area (Å²) >= 11 is 1.84. The molecule has 1 heterocycles. The van der Waals surface area contributed by atoms with Crippen molar-refractivity contribution in [2.75, 3.05) is 26.9 Å². The zero-order valence-electron chi connectivity index (χ0n) is 11.8. The second-order valence-corrected chi connectivity index (χ2v) is 5.68. The maximum atomic E-state index is 5.63. The molecule has 0 aromatic carbocycles. The van der Waals surface area contributed by atoms with E-state index in [4.69, 9.17) is 9.47 Å². The number of unbranched alkanes of at least 4 members (excludes halogenated alkanes) is 1. The fraction of sp³-hybridized carbons (Fsp3) is 0.714. The maximum Gasteiger partial charge on any atom is 0.0728 e. The fourth-order valence-corrected chi connectivity index (χ4v) is 2.70. The third-order valence-electron chi connectivity index (χ3n) is 2.69. The van der Waals surface area contributed by atoms with Gasteiger partial charge in [0.15, 0.2) is 0 Å². The van der Waals surface area contributed by atoms with Crippen molar-refractivity contribution in [3.05, 3.63) is 21.4 Å². The van der Waals surface area contributed by atoms with E-state index in [2.05, 4.69) is 25.2 Å². The summed E-state index contributed by atoms with van der Waals surface area (Å²) in [6.07, 6.45) is 2.32. The van der Waals surface area contributed by atoms with Crippen LogP contribution in [0.25, 0.3) is 0 Å². The average Bonchev–Trinajstić information content (AvgIpc) is 2.69. The zero-order chi connectivity index (χ0) is 13.2. The highest BCUT2D eigenvalue weighted by Gasteiger charge is 2.04. The van der Waals surface area contributed by atoms with Crippen molar-refractivity contribution in [1.82, 2.24) is 5.32 Å². The largest absolute Gasteiger partial charge is 0.379 e. The lowest BCUT2D eigenvalue weighted by atomic mass is 10.2. The van der Waals surface area contributed by atoms with Gasteiger partial charge in [0, 0.05) is 22.9 Å². The number of rotatable bonds is 10. The third kappa shape index (κ3) is 5.96. The predicted molar refractivity (Wildman–Crippen MR) is 77.2 cm³/mol. The van der Waals surface area contributed by atoms with Crippen LogP contribution in [0.1, 0.15) is 35.1 Å². The van der Waals surface area contributed by atoms with Crippen molar-refractivity contribution in [2.24, 2.45) is 0 Å². The molecule has 3 nitrogen and oxygen atoms in total. The summed E-state index contributed by atoms with van der Waals surface area (Å²) in [5, 5.41) is 3.17. The van der Waals surface area contributed by atoms with E-state index in [0.29, 0.717) is 19.8 Å². The number of thiophene rings is 1. The molecule has 104 valence electrons. The van der Waals surface area contributed by atoms with Crippen LogP contribution >= 0.6 is 11.3 Å². The number of ether oxygens (including phenoxy) is 2. The predicted octanol–water partition coefficient (Wildman–Crippen LogP) is 3.11. The highest BCUT2D eigenvalue weighted by Crippen LogP contribution is 2.22. The topological polar surface area (TPSA) is 30.5 Å². The van der Waals surface area contributed by atoms with Gasteiger partial charge in [-0.2, -0.15) is 0 Å². The lowest BCUT2D eigenvalue weighted by molar-refractivity contribution is 0.0396. The first-order chi connectivity index (χ1) is 8.77. The van der Waals surface area contributed by atoms with E-state index in [1.165, 1.54) is 21.7 Å². The van der Waals surface area contributed by atoms with Crippen molar-refractivity contribution in [3.63, 3.8) is 0 Å². The molecule has 0 radical (unpaired) electrons. The zero-order valence-corrected chi connectivity index (χ0v) is 12.6. The Morgan fingerprint density at radius 3 is 2.72 bits per heavy atom. The lowest BCUT2D eigenvalue weighted by Crippen LogP contribution is -2.05. The molecule has 0 atom stereocenters. The Kier molecular flexibility index (Phi) is 8.25. The maximum absolute atomic E-state index is 5.63. The van der Waals surface area contributed by atoms with Crippen LogP contribution in [0.15, 0.2) is 6.07 Å². The van der Waals surface area contributed by atoms with Crippen LogP contribution in [0.5, 0.6) is 0 Å². The average molecular weight is 271 g/mol. The molecule has 0 saturated carbocycles. The first kappa shape index (κ1) is 15.6. The van der Waals surface area contributed by atoms with E-state index in [0.717, 1.165) is 19.6 Å². The standard InChI is InChI=1S/C14H25NO2S/c1-4-5-6-16-7-8-17-11-13-9-14(10-15-3)18-12(13)2/h9,15H,4-8,10-11H2,1-3H3. The Labute approximate surface area is 114 Å². The van der Waals surface area contributed by atoms with E-state index >= 15 is 0 Å². The van der Waals surface area contributed by atoms with E-state index < -0.39 is 0 Å². The molecule has 0 aliphatic heterocycles. The second-order valence-electron chi connectivity index (χ2n) is 4.34. The molecule has 18 heavy (non-hydrogen) atoms. The molecule has 0 bridgehead atoms. The molecular formula is C14H25NO2S. The molecule has 4 heteroatoms. The van der Waals surface area contributed by atoms with Gasteiger partial charge in [-0.15, -0.1) is 11.3 Å². The van der Waals surface area contributed by atoms with Crippen LogP contribution in [0, 0.1) is 6.92 Å². The summed E-state index contributed by atoms with van der Waals surface area (Å²) < 4.78 is 11.1. The SMILES string of the molecule is CCCCOCCOCc1cc(CNC)sc1C. The van der Waals surface area contributed by atoms with Gasteiger partial charge in [0.1, 0.15) is 0 Å². The van der Waals surface area contributed by atoms with Crippen molar-refractivity contribution in [3.8, 4) is 0 Å². The van der Waals surface area contributed by atoms with Gasteiger partial charge in [0.05, 0.1) is 19.8 Å². The molecule has 0 aliphatic carbocycles. The molecule has 0 amide bonds. The Morgan fingerprint density at radius 1 is 1.22 bits per heavy atom. The van der Waals surface area contributed by atoms with Gasteiger partial charge < -0.3 is 14.8 Å². The highest BCUT2D eigenvalue weighted by atomic mass is 32.1. The molecular weight excluding hydrogens is 246 g/mol. The summed E-state index contributed by atoms with van der Waals surface area (Å²) in [4.78, 5) is 2.72. The third-order valence-corrected chi connectivity index (χ3v) is 3.79. The first-order valence-corrected chi connectivity index (χ1v) is 7.47. The quantitative estimate of drug-likeness (QED) is 0.663. The van der Waals surface area contributed by atoms with E-state index in [1.54, 1.807) is 0 Å². The van der Waals surface area contributed by atoms with Crippen molar-refractivity contribution >= 4 is 11.3 Å². The van der Waals surface area contributed by atoms with Gasteiger partial charge in [-0.3, -0.25) is 0 Å². The van der Waals surface area contributed by atoms with Crippen molar-refractivity contribution in [2.45, 2.75) is 39.8 Å². The van der Waals surface area contributed by atoms with E-state index in [-0.39, 0.29) is 0 Å². The number of nitrogens with one attached hydrogen (secondary N) is 1. The summed E-state index contributed by atoms with van der Waals surface area (Å²) in [5.74, 6) is 0. The molecule has 1 aromatic heterocycles. The Balaban J connectivity index is 2.14. The van der Waals surface area contributed by atoms with E-state index in [1.807, 2.05) is 18.4 Å². The molecule has 0 fully saturated rings. The summed E-state index contributed by atoms with van der Waals surface area (Å²) in [6, 6.07) is 2.23. The molecule has 0 saturated heterocycles. The Bertz CT molecular complexity index is 326. The number of hydrogen-bond donors (Lipinski definition) is 1.